The van der Waals surface area contributed by atoms with Gasteiger partial charge < -0.3 is 0 Å². The molecule has 4 nitrogen and oxygen atoms in total. The molecule has 0 radical (unpaired) electrons. The molecular weight excluding hydrogens is 231 g/mol. The van der Waals surface area contributed by atoms with Gasteiger partial charge in [-0.25, -0.2) is 4.98 Å². The minimum absolute atomic E-state index is 0.0976. The summed E-state index contributed by atoms with van der Waals surface area (Å²) >= 11 is 0. The molecule has 1 saturated carbocycles. The molecule has 1 fully saturated rings. The van der Waals surface area contributed by atoms with E-state index in [0.29, 0.717) is 11.3 Å². The molecule has 16 heavy (non-hydrogen) atoms. The highest BCUT2D eigenvalue weighted by molar-refractivity contribution is 7.86. The van der Waals surface area contributed by atoms with Crippen LogP contribution in [-0.2, 0) is 10.2 Å². The molecule has 2 aromatic heterocycles. The molecule has 84 valence electrons. The molecule has 0 bridgehead atoms. The number of nitrogens with zero attached hydrogens (tertiary/aromatic N) is 2. The van der Waals surface area contributed by atoms with Crippen LogP contribution in [-0.4, -0.2) is 17.8 Å². The van der Waals surface area contributed by atoms with Gasteiger partial charge in [-0.05, 0) is 25.0 Å². The van der Waals surface area contributed by atoms with Gasteiger partial charge in [0.25, 0.3) is 0 Å². The second-order valence-corrected chi connectivity index (χ2v) is 5.21. The lowest BCUT2D eigenvalue weighted by atomic mass is 10.3. The van der Waals surface area contributed by atoms with Crippen LogP contribution in [0.3, 0.4) is 0 Å². The van der Waals surface area contributed by atoms with Crippen molar-refractivity contribution in [1.82, 2.24) is 9.38 Å². The highest BCUT2D eigenvalue weighted by Crippen LogP contribution is 2.42. The van der Waals surface area contributed by atoms with Crippen LogP contribution in [0.25, 0.3) is 5.65 Å². The van der Waals surface area contributed by atoms with Gasteiger partial charge in [0.2, 0.25) is 0 Å². The summed E-state index contributed by atoms with van der Waals surface area (Å²) in [5.74, 6) is 0.0976. The van der Waals surface area contributed by atoms with E-state index in [9.17, 15) is 12.3 Å². The van der Waals surface area contributed by atoms with E-state index in [1.165, 1.54) is 10.6 Å². The largest absolute Gasteiger partial charge is 0.350 e. The minimum atomic E-state index is -4.72. The second-order valence-electron chi connectivity index (χ2n) is 3.94. The lowest BCUT2D eigenvalue weighted by Crippen LogP contribution is -2.00. The van der Waals surface area contributed by atoms with Crippen LogP contribution >= 0.6 is 0 Å². The maximum atomic E-state index is 13.2. The Morgan fingerprint density at radius 2 is 2.12 bits per heavy atom. The number of hydrogen-bond acceptors (Lipinski definition) is 3. The third kappa shape index (κ3) is 1.41. The predicted molar refractivity (Wildman–Crippen MR) is 55.5 cm³/mol. The first-order valence-electron chi connectivity index (χ1n) is 4.99. The predicted octanol–water partition coefficient (Wildman–Crippen LogP) is 1.87. The van der Waals surface area contributed by atoms with E-state index in [0.717, 1.165) is 12.8 Å². The number of halogens is 1. The van der Waals surface area contributed by atoms with Crippen LogP contribution in [0.1, 0.15) is 24.5 Å². The SMILES string of the molecule is O=S(=O)(F)c1c(C2CC2)nc2ccccn12. The van der Waals surface area contributed by atoms with E-state index in [1.807, 2.05) is 0 Å². The third-order valence-corrected chi connectivity index (χ3v) is 3.57. The standard InChI is InChI=1S/C10H9FN2O2S/c11-16(14,15)10-9(7-4-5-7)12-8-3-1-2-6-13(8)10/h1-3,6-7H,4-5H2. The molecule has 0 unspecified atom stereocenters. The van der Waals surface area contributed by atoms with Crippen LogP contribution < -0.4 is 0 Å². The van der Waals surface area contributed by atoms with Gasteiger partial charge in [0.05, 0.1) is 5.69 Å². The van der Waals surface area contributed by atoms with Crippen molar-refractivity contribution >= 4 is 15.9 Å². The van der Waals surface area contributed by atoms with Gasteiger partial charge in [0.15, 0.2) is 5.03 Å². The van der Waals surface area contributed by atoms with Crippen LogP contribution in [0.2, 0.25) is 0 Å². The summed E-state index contributed by atoms with van der Waals surface area (Å²) in [5, 5.41) is -0.300. The summed E-state index contributed by atoms with van der Waals surface area (Å²) in [6.45, 7) is 0. The van der Waals surface area contributed by atoms with Gasteiger partial charge in [-0.15, -0.1) is 0 Å². The average Bonchev–Trinajstić information content (AvgIpc) is 2.96. The molecular formula is C10H9FN2O2S. The fourth-order valence-corrected chi connectivity index (χ4v) is 2.71. The zero-order valence-electron chi connectivity index (χ0n) is 8.30. The van der Waals surface area contributed by atoms with Gasteiger partial charge in [-0.2, -0.15) is 8.42 Å². The van der Waals surface area contributed by atoms with E-state index in [4.69, 9.17) is 0 Å². The lowest BCUT2D eigenvalue weighted by molar-refractivity contribution is 0.544. The number of hydrogen-bond donors (Lipinski definition) is 0. The quantitative estimate of drug-likeness (QED) is 0.753. The smallest absolute Gasteiger partial charge is 0.288 e. The number of aromatic nitrogens is 2. The molecule has 2 heterocycles. The molecule has 0 atom stereocenters. The first-order chi connectivity index (χ1) is 7.57. The van der Waals surface area contributed by atoms with Crippen molar-refractivity contribution < 1.29 is 12.3 Å². The maximum absolute atomic E-state index is 13.2. The molecule has 0 amide bonds. The third-order valence-electron chi connectivity index (χ3n) is 2.71. The zero-order chi connectivity index (χ0) is 11.3. The van der Waals surface area contributed by atoms with Crippen LogP contribution in [0, 0.1) is 0 Å². The number of fused-ring (bicyclic) bond motifs is 1. The monoisotopic (exact) mass is 240 g/mol. The fraction of sp³-hybridized carbons (Fsp3) is 0.300. The van der Waals surface area contributed by atoms with Crippen molar-refractivity contribution in [2.24, 2.45) is 0 Å². The molecule has 0 saturated heterocycles. The van der Waals surface area contributed by atoms with Crippen molar-refractivity contribution in [2.75, 3.05) is 0 Å². The molecule has 2 aromatic rings. The maximum Gasteiger partial charge on any atom is 0.350 e. The average molecular weight is 240 g/mol. The van der Waals surface area contributed by atoms with Gasteiger partial charge in [-0.3, -0.25) is 4.40 Å². The number of rotatable bonds is 2. The zero-order valence-corrected chi connectivity index (χ0v) is 9.11. The summed E-state index contributed by atoms with van der Waals surface area (Å²) < 4.78 is 36.8. The first kappa shape index (κ1) is 9.77. The van der Waals surface area contributed by atoms with Gasteiger partial charge in [0.1, 0.15) is 5.65 Å². The number of imidazole rings is 1. The molecule has 0 N–H and O–H groups in total. The molecule has 1 aliphatic rings. The summed E-state index contributed by atoms with van der Waals surface area (Å²) in [6.07, 6.45) is 3.28. The van der Waals surface area contributed by atoms with Gasteiger partial charge in [-0.1, -0.05) is 9.95 Å². The highest BCUT2D eigenvalue weighted by Gasteiger charge is 2.35. The fourth-order valence-electron chi connectivity index (χ4n) is 1.86. The Morgan fingerprint density at radius 3 is 2.75 bits per heavy atom. The summed E-state index contributed by atoms with van der Waals surface area (Å²) in [4.78, 5) is 4.18. The Hall–Kier alpha value is -1.43. The van der Waals surface area contributed by atoms with Crippen molar-refractivity contribution in [2.45, 2.75) is 23.8 Å². The molecule has 3 rings (SSSR count). The van der Waals surface area contributed by atoms with E-state index in [2.05, 4.69) is 4.98 Å². The number of pyridine rings is 1. The second kappa shape index (κ2) is 3.04. The van der Waals surface area contributed by atoms with Crippen LogP contribution in [0.5, 0.6) is 0 Å². The highest BCUT2D eigenvalue weighted by atomic mass is 32.3. The van der Waals surface area contributed by atoms with Crippen molar-refractivity contribution in [3.8, 4) is 0 Å². The first-order valence-corrected chi connectivity index (χ1v) is 6.37. The minimum Gasteiger partial charge on any atom is -0.288 e. The van der Waals surface area contributed by atoms with Gasteiger partial charge >= 0.3 is 10.2 Å². The van der Waals surface area contributed by atoms with E-state index < -0.39 is 10.2 Å². The van der Waals surface area contributed by atoms with Crippen LogP contribution in [0.4, 0.5) is 3.89 Å². The van der Waals surface area contributed by atoms with E-state index in [-0.39, 0.29) is 10.9 Å². The Bertz CT molecular complexity index is 659. The summed E-state index contributed by atoms with van der Waals surface area (Å²) in [6, 6.07) is 5.06. The van der Waals surface area contributed by atoms with Crippen molar-refractivity contribution in [3.63, 3.8) is 0 Å². The lowest BCUT2D eigenvalue weighted by Gasteiger charge is -1.97. The molecule has 0 aromatic carbocycles. The van der Waals surface area contributed by atoms with Crippen molar-refractivity contribution in [1.29, 1.82) is 0 Å². The molecule has 0 spiro atoms. The Kier molecular flexibility index (Phi) is 1.85. The Labute approximate surface area is 91.9 Å². The normalized spacial score (nSPS) is 16.8. The topological polar surface area (TPSA) is 51.4 Å². The van der Waals surface area contributed by atoms with E-state index >= 15 is 0 Å². The Morgan fingerprint density at radius 1 is 1.38 bits per heavy atom. The van der Waals surface area contributed by atoms with Crippen molar-refractivity contribution in [3.05, 3.63) is 30.1 Å². The summed E-state index contributed by atoms with van der Waals surface area (Å²) in [5.41, 5.74) is 0.842. The van der Waals surface area contributed by atoms with Gasteiger partial charge in [0, 0.05) is 12.1 Å². The Balaban J connectivity index is 2.40. The summed E-state index contributed by atoms with van der Waals surface area (Å²) in [7, 11) is -4.72. The van der Waals surface area contributed by atoms with Crippen LogP contribution in [0.15, 0.2) is 29.4 Å². The molecule has 6 heteroatoms. The van der Waals surface area contributed by atoms with E-state index in [1.54, 1.807) is 18.2 Å². The molecule has 0 aliphatic heterocycles. The molecule has 1 aliphatic carbocycles.